The number of nitrogens with one attached hydrogen (secondary N) is 1. The van der Waals surface area contributed by atoms with E-state index in [0.29, 0.717) is 0 Å². The zero-order valence-electron chi connectivity index (χ0n) is 18.1. The van der Waals surface area contributed by atoms with Gasteiger partial charge >= 0.3 is 0 Å². The quantitative estimate of drug-likeness (QED) is 0.559. The molecule has 8 heteroatoms. The van der Waals surface area contributed by atoms with E-state index in [1.807, 2.05) is 43.3 Å². The molecule has 0 bridgehead atoms. The van der Waals surface area contributed by atoms with Gasteiger partial charge < -0.3 is 9.32 Å². The van der Waals surface area contributed by atoms with Gasteiger partial charge in [0.2, 0.25) is 10.0 Å². The maximum absolute atomic E-state index is 13.2. The van der Waals surface area contributed by atoms with Crippen LogP contribution in [0.2, 0.25) is 0 Å². The van der Waals surface area contributed by atoms with Crippen LogP contribution < -0.4 is 9.62 Å². The van der Waals surface area contributed by atoms with Crippen molar-refractivity contribution in [3.8, 4) is 0 Å². The normalized spacial score (nSPS) is 16.2. The van der Waals surface area contributed by atoms with Crippen molar-refractivity contribution in [2.75, 3.05) is 37.6 Å². The first-order valence-electron chi connectivity index (χ1n) is 10.7. The molecule has 6 nitrogen and oxygen atoms in total. The minimum atomic E-state index is -3.50. The van der Waals surface area contributed by atoms with Crippen LogP contribution in [-0.4, -0.2) is 46.0 Å². The summed E-state index contributed by atoms with van der Waals surface area (Å²) in [6.07, 6.45) is 1.61. The average molecular weight is 458 g/mol. The number of aryl methyl sites for hydroxylation is 1. The highest BCUT2D eigenvalue weighted by molar-refractivity contribution is 7.88. The molecule has 0 radical (unpaired) electrons. The van der Waals surface area contributed by atoms with Crippen molar-refractivity contribution in [1.82, 2.24) is 9.62 Å². The second-order valence-corrected chi connectivity index (χ2v) is 9.93. The van der Waals surface area contributed by atoms with E-state index in [9.17, 15) is 12.8 Å². The Bertz CT molecular complexity index is 1110. The summed E-state index contributed by atoms with van der Waals surface area (Å²) in [5.74, 6) is 0.430. The molecule has 1 aliphatic rings. The third-order valence-electron chi connectivity index (χ3n) is 5.75. The lowest BCUT2D eigenvalue weighted by molar-refractivity contribution is 0.166. The molecule has 0 saturated carbocycles. The predicted molar refractivity (Wildman–Crippen MR) is 123 cm³/mol. The molecule has 170 valence electrons. The lowest BCUT2D eigenvalue weighted by Crippen LogP contribution is -2.49. The van der Waals surface area contributed by atoms with E-state index in [4.69, 9.17) is 4.42 Å². The number of hydrogen-bond donors (Lipinski definition) is 1. The molecule has 1 atom stereocenters. The van der Waals surface area contributed by atoms with Gasteiger partial charge in [0.25, 0.3) is 0 Å². The van der Waals surface area contributed by atoms with Crippen molar-refractivity contribution < 1.29 is 17.2 Å². The Kier molecular flexibility index (Phi) is 6.93. The van der Waals surface area contributed by atoms with Crippen molar-refractivity contribution in [2.24, 2.45) is 0 Å². The Hall–Kier alpha value is -2.68. The number of anilines is 1. The highest BCUT2D eigenvalue weighted by Crippen LogP contribution is 2.25. The number of furan rings is 1. The molecular formula is C24H28FN3O3S. The van der Waals surface area contributed by atoms with Crippen LogP contribution in [0.1, 0.15) is 22.9 Å². The van der Waals surface area contributed by atoms with Crippen molar-refractivity contribution in [2.45, 2.75) is 18.7 Å². The van der Waals surface area contributed by atoms with Gasteiger partial charge in [0.1, 0.15) is 11.6 Å². The molecule has 0 amide bonds. The Balaban J connectivity index is 1.40. The van der Waals surface area contributed by atoms with Gasteiger partial charge in [0.05, 0.1) is 18.1 Å². The summed E-state index contributed by atoms with van der Waals surface area (Å²) in [5.41, 5.74) is 2.78. The molecule has 2 aromatic carbocycles. The zero-order valence-corrected chi connectivity index (χ0v) is 18.9. The Morgan fingerprint density at radius 1 is 1.03 bits per heavy atom. The van der Waals surface area contributed by atoms with Crippen LogP contribution >= 0.6 is 0 Å². The summed E-state index contributed by atoms with van der Waals surface area (Å²) in [5, 5.41) is 0. The summed E-state index contributed by atoms with van der Waals surface area (Å²) >= 11 is 0. The largest absolute Gasteiger partial charge is 0.468 e. The average Bonchev–Trinajstić information content (AvgIpc) is 3.29. The van der Waals surface area contributed by atoms with Crippen LogP contribution in [0.25, 0.3) is 0 Å². The molecule has 1 unspecified atom stereocenters. The van der Waals surface area contributed by atoms with Crippen LogP contribution in [0.15, 0.2) is 71.3 Å². The second-order valence-electron chi connectivity index (χ2n) is 8.13. The van der Waals surface area contributed by atoms with Gasteiger partial charge in [-0.25, -0.2) is 17.5 Å². The smallest absolute Gasteiger partial charge is 0.215 e. The first-order chi connectivity index (χ1) is 15.4. The van der Waals surface area contributed by atoms with Gasteiger partial charge in [-0.2, -0.15) is 0 Å². The Morgan fingerprint density at radius 2 is 1.78 bits per heavy atom. The van der Waals surface area contributed by atoms with Gasteiger partial charge in [-0.1, -0.05) is 29.8 Å². The third-order valence-corrected chi connectivity index (χ3v) is 7.07. The third kappa shape index (κ3) is 5.76. The number of piperazine rings is 1. The molecule has 1 saturated heterocycles. The highest BCUT2D eigenvalue weighted by atomic mass is 32.2. The summed E-state index contributed by atoms with van der Waals surface area (Å²) < 4.78 is 47.1. The first kappa shape index (κ1) is 22.5. The molecule has 3 aromatic rings. The Morgan fingerprint density at radius 3 is 2.44 bits per heavy atom. The number of halogens is 1. The number of benzene rings is 2. The highest BCUT2D eigenvalue weighted by Gasteiger charge is 2.28. The van der Waals surface area contributed by atoms with E-state index in [-0.39, 0.29) is 24.2 Å². The van der Waals surface area contributed by atoms with Gasteiger partial charge in [-0.3, -0.25) is 4.90 Å². The SMILES string of the molecule is Cc1cccc(CS(=O)(=O)NCC(c2ccco2)N2CCN(c3ccc(F)cc3)CC2)c1. The zero-order chi connectivity index (χ0) is 22.6. The monoisotopic (exact) mass is 457 g/mol. The lowest BCUT2D eigenvalue weighted by Gasteiger charge is -2.39. The molecule has 2 heterocycles. The maximum atomic E-state index is 13.2. The number of nitrogens with zero attached hydrogens (tertiary/aromatic N) is 2. The van der Waals surface area contributed by atoms with Gasteiger partial charge in [-0.15, -0.1) is 0 Å². The van der Waals surface area contributed by atoms with Crippen molar-refractivity contribution in [3.63, 3.8) is 0 Å². The van der Waals surface area contributed by atoms with E-state index in [1.165, 1.54) is 12.1 Å². The minimum Gasteiger partial charge on any atom is -0.468 e. The van der Waals surface area contributed by atoms with Gasteiger partial charge in [0, 0.05) is 38.4 Å². The molecule has 0 spiro atoms. The Labute approximate surface area is 188 Å². The van der Waals surface area contributed by atoms with Crippen LogP contribution in [0, 0.1) is 12.7 Å². The summed E-state index contributed by atoms with van der Waals surface area (Å²) in [4.78, 5) is 4.44. The van der Waals surface area contributed by atoms with Crippen molar-refractivity contribution >= 4 is 15.7 Å². The summed E-state index contributed by atoms with van der Waals surface area (Å²) in [6, 6.07) is 17.5. The molecule has 4 rings (SSSR count). The fourth-order valence-electron chi connectivity index (χ4n) is 4.11. The number of sulfonamides is 1. The predicted octanol–water partition coefficient (Wildman–Crippen LogP) is 3.71. The van der Waals surface area contributed by atoms with E-state index >= 15 is 0 Å². The van der Waals surface area contributed by atoms with Gasteiger partial charge in [0.15, 0.2) is 0 Å². The summed E-state index contributed by atoms with van der Waals surface area (Å²) in [7, 11) is -3.50. The minimum absolute atomic E-state index is 0.0576. The molecule has 0 aliphatic carbocycles. The van der Waals surface area contributed by atoms with E-state index < -0.39 is 10.0 Å². The molecule has 1 fully saturated rings. The second kappa shape index (κ2) is 9.85. The van der Waals surface area contributed by atoms with Crippen LogP contribution in [0.3, 0.4) is 0 Å². The molecule has 1 aromatic heterocycles. The van der Waals surface area contributed by atoms with E-state index in [2.05, 4.69) is 14.5 Å². The maximum Gasteiger partial charge on any atom is 0.215 e. The fourth-order valence-corrected chi connectivity index (χ4v) is 5.24. The van der Waals surface area contributed by atoms with E-state index in [1.54, 1.807) is 18.4 Å². The van der Waals surface area contributed by atoms with Crippen molar-refractivity contribution in [1.29, 1.82) is 0 Å². The molecular weight excluding hydrogens is 429 g/mol. The topological polar surface area (TPSA) is 65.8 Å². The van der Waals surface area contributed by atoms with Crippen molar-refractivity contribution in [3.05, 3.63) is 89.6 Å². The number of rotatable bonds is 8. The van der Waals surface area contributed by atoms with Crippen LogP contribution in [-0.2, 0) is 15.8 Å². The lowest BCUT2D eigenvalue weighted by atomic mass is 10.1. The molecule has 1 N–H and O–H groups in total. The summed E-state index contributed by atoms with van der Waals surface area (Å²) in [6.45, 7) is 5.18. The number of hydrogen-bond acceptors (Lipinski definition) is 5. The van der Waals surface area contributed by atoms with Gasteiger partial charge in [-0.05, 0) is 48.9 Å². The standard InChI is InChI=1S/C24H28FN3O3S/c1-19-4-2-5-20(16-19)18-32(29,30)26-17-23(24-6-3-15-31-24)28-13-11-27(12-14-28)22-9-7-21(25)8-10-22/h2-10,15-16,23,26H,11-14,17-18H2,1H3. The first-order valence-corrected chi connectivity index (χ1v) is 12.4. The van der Waals surface area contributed by atoms with E-state index in [0.717, 1.165) is 48.8 Å². The fraction of sp³-hybridized carbons (Fsp3) is 0.333. The molecule has 32 heavy (non-hydrogen) atoms. The van der Waals surface area contributed by atoms with Crippen LogP contribution in [0.5, 0.6) is 0 Å². The molecule has 1 aliphatic heterocycles. The van der Waals surface area contributed by atoms with Crippen LogP contribution in [0.4, 0.5) is 10.1 Å².